The third-order valence-corrected chi connectivity index (χ3v) is 5.17. The summed E-state index contributed by atoms with van der Waals surface area (Å²) in [4.78, 5) is 0. The minimum Gasteiger partial charge on any atom is -0.420 e. The summed E-state index contributed by atoms with van der Waals surface area (Å²) in [6, 6.07) is 12.4. The van der Waals surface area contributed by atoms with Gasteiger partial charge in [-0.3, -0.25) is 5.10 Å². The molecule has 1 unspecified atom stereocenters. The highest BCUT2D eigenvalue weighted by Crippen LogP contribution is 2.49. The van der Waals surface area contributed by atoms with Crippen molar-refractivity contribution in [3.8, 4) is 23.2 Å². The first-order valence-corrected chi connectivity index (χ1v) is 8.51. The van der Waals surface area contributed by atoms with E-state index in [1.165, 1.54) is 19.3 Å². The fourth-order valence-corrected chi connectivity index (χ4v) is 4.05. The number of H-pyrrole nitrogens is 1. The first-order valence-electron chi connectivity index (χ1n) is 8.51. The number of ether oxygens (including phenoxy) is 1. The van der Waals surface area contributed by atoms with Gasteiger partial charge in [-0.1, -0.05) is 49.6 Å². The van der Waals surface area contributed by atoms with Crippen molar-refractivity contribution < 1.29 is 4.74 Å². The number of nitriles is 1. The molecule has 1 aliphatic carbocycles. The van der Waals surface area contributed by atoms with E-state index in [4.69, 9.17) is 10.5 Å². The van der Waals surface area contributed by atoms with E-state index in [-0.39, 0.29) is 11.8 Å². The van der Waals surface area contributed by atoms with Gasteiger partial charge < -0.3 is 10.5 Å². The van der Waals surface area contributed by atoms with Crippen molar-refractivity contribution in [2.24, 2.45) is 11.7 Å². The Morgan fingerprint density at radius 1 is 1.17 bits per heavy atom. The second-order valence-corrected chi connectivity index (χ2v) is 6.55. The minimum absolute atomic E-state index is 0.0343. The summed E-state index contributed by atoms with van der Waals surface area (Å²) in [5.41, 5.74) is 9.55. The number of nitrogens with two attached hydrogens (primary N) is 1. The Labute approximate surface area is 141 Å². The van der Waals surface area contributed by atoms with Crippen molar-refractivity contribution in [2.45, 2.75) is 38.0 Å². The van der Waals surface area contributed by atoms with E-state index in [0.29, 0.717) is 17.4 Å². The van der Waals surface area contributed by atoms with Crippen molar-refractivity contribution in [2.75, 3.05) is 0 Å². The summed E-state index contributed by atoms with van der Waals surface area (Å²) in [5, 5.41) is 17.1. The van der Waals surface area contributed by atoms with Crippen molar-refractivity contribution in [3.05, 3.63) is 47.4 Å². The molecule has 1 aromatic carbocycles. The molecule has 1 atom stereocenters. The predicted octanol–water partition coefficient (Wildman–Crippen LogP) is 3.83. The molecule has 3 N–H and O–H groups in total. The Hall–Kier alpha value is -2.74. The monoisotopic (exact) mass is 320 g/mol. The lowest BCUT2D eigenvalue weighted by Gasteiger charge is -2.33. The van der Waals surface area contributed by atoms with Gasteiger partial charge in [-0.25, -0.2) is 0 Å². The Bertz CT molecular complexity index is 810. The van der Waals surface area contributed by atoms with E-state index < -0.39 is 0 Å². The van der Waals surface area contributed by atoms with Gasteiger partial charge in [0.05, 0.1) is 16.8 Å². The normalized spacial score (nSPS) is 21.0. The number of nitrogens with one attached hydrogen (secondary N) is 1. The van der Waals surface area contributed by atoms with Crippen molar-refractivity contribution in [1.82, 2.24) is 10.2 Å². The molecule has 1 saturated carbocycles. The van der Waals surface area contributed by atoms with Gasteiger partial charge in [0.1, 0.15) is 6.07 Å². The molecule has 1 aliphatic heterocycles. The lowest BCUT2D eigenvalue weighted by atomic mass is 9.72. The first kappa shape index (κ1) is 14.8. The van der Waals surface area contributed by atoms with Crippen LogP contribution < -0.4 is 10.5 Å². The number of hydrogen-bond donors (Lipinski definition) is 2. The average Bonchev–Trinajstić information content (AvgIpc) is 3.05. The van der Waals surface area contributed by atoms with Crippen molar-refractivity contribution in [3.63, 3.8) is 0 Å². The molecule has 0 saturated heterocycles. The molecular formula is C19H20N4O. The van der Waals surface area contributed by atoms with Crippen molar-refractivity contribution in [1.29, 1.82) is 5.26 Å². The molecule has 0 amide bonds. The van der Waals surface area contributed by atoms with E-state index >= 15 is 0 Å². The van der Waals surface area contributed by atoms with Crippen LogP contribution >= 0.6 is 0 Å². The van der Waals surface area contributed by atoms with E-state index in [1.54, 1.807) is 0 Å². The van der Waals surface area contributed by atoms with E-state index in [1.807, 2.05) is 30.3 Å². The molecule has 24 heavy (non-hydrogen) atoms. The van der Waals surface area contributed by atoms with E-state index in [2.05, 4.69) is 16.3 Å². The standard InChI is InChI=1S/C19H20N4O/c20-11-14-15(12-7-3-1-4-8-12)16-17(13-9-5-2-6-10-13)22-23-19(16)24-18(14)21/h2,5-6,9-10,12,15H,1,3-4,7-8,21H2,(H,22,23). The molecule has 2 aliphatic rings. The molecule has 1 aromatic heterocycles. The summed E-state index contributed by atoms with van der Waals surface area (Å²) >= 11 is 0. The fourth-order valence-electron chi connectivity index (χ4n) is 4.05. The first-order chi connectivity index (χ1) is 11.8. The molecule has 0 radical (unpaired) electrons. The summed E-state index contributed by atoms with van der Waals surface area (Å²) in [6.45, 7) is 0. The second-order valence-electron chi connectivity index (χ2n) is 6.55. The van der Waals surface area contributed by atoms with Gasteiger partial charge in [-0.2, -0.15) is 5.26 Å². The zero-order valence-electron chi connectivity index (χ0n) is 13.5. The number of rotatable bonds is 2. The van der Waals surface area contributed by atoms with Crippen LogP contribution in [0.25, 0.3) is 11.3 Å². The predicted molar refractivity (Wildman–Crippen MR) is 90.8 cm³/mol. The lowest BCUT2D eigenvalue weighted by molar-refractivity contribution is 0.297. The molecule has 0 spiro atoms. The lowest BCUT2D eigenvalue weighted by Crippen LogP contribution is -2.26. The van der Waals surface area contributed by atoms with Crippen LogP contribution in [0.15, 0.2) is 41.8 Å². The second kappa shape index (κ2) is 6.04. The van der Waals surface area contributed by atoms with Crippen molar-refractivity contribution >= 4 is 0 Å². The molecule has 1 fully saturated rings. The van der Waals surface area contributed by atoms with Gasteiger partial charge in [-0.15, -0.1) is 5.10 Å². The number of nitrogens with zero attached hydrogens (tertiary/aromatic N) is 2. The van der Waals surface area contributed by atoms with Gasteiger partial charge in [0, 0.05) is 5.92 Å². The Morgan fingerprint density at radius 2 is 1.92 bits per heavy atom. The number of benzene rings is 1. The van der Waals surface area contributed by atoms with Crippen LogP contribution in [0.5, 0.6) is 5.88 Å². The van der Waals surface area contributed by atoms with Crippen LogP contribution in [0.3, 0.4) is 0 Å². The highest BCUT2D eigenvalue weighted by atomic mass is 16.5. The van der Waals surface area contributed by atoms with E-state index in [9.17, 15) is 5.26 Å². The minimum atomic E-state index is -0.0343. The largest absolute Gasteiger partial charge is 0.420 e. The van der Waals surface area contributed by atoms with Crippen LogP contribution in [0.1, 0.15) is 43.6 Å². The van der Waals surface area contributed by atoms with Crippen LogP contribution in [-0.4, -0.2) is 10.2 Å². The summed E-state index contributed by atoms with van der Waals surface area (Å²) in [5.74, 6) is 1.09. The van der Waals surface area contributed by atoms with Gasteiger partial charge in [-0.05, 0) is 24.3 Å². The number of aromatic nitrogens is 2. The average molecular weight is 320 g/mol. The van der Waals surface area contributed by atoms with E-state index in [0.717, 1.165) is 29.7 Å². The third-order valence-electron chi connectivity index (χ3n) is 5.17. The van der Waals surface area contributed by atoms with Crippen LogP contribution in [0.4, 0.5) is 0 Å². The summed E-state index contributed by atoms with van der Waals surface area (Å²) in [7, 11) is 0. The smallest absolute Gasteiger partial charge is 0.244 e. The zero-order valence-corrected chi connectivity index (χ0v) is 13.5. The molecule has 5 nitrogen and oxygen atoms in total. The molecule has 5 heteroatoms. The number of hydrogen-bond acceptors (Lipinski definition) is 4. The summed E-state index contributed by atoms with van der Waals surface area (Å²) in [6.07, 6.45) is 5.90. The fraction of sp³-hybridized carbons (Fsp3) is 0.368. The Morgan fingerprint density at radius 3 is 2.62 bits per heavy atom. The maximum atomic E-state index is 9.69. The highest BCUT2D eigenvalue weighted by Gasteiger charge is 2.39. The Balaban J connectivity index is 1.86. The molecule has 4 rings (SSSR count). The number of fused-ring (bicyclic) bond motifs is 1. The summed E-state index contributed by atoms with van der Waals surface area (Å²) < 4.78 is 5.65. The molecule has 122 valence electrons. The third kappa shape index (κ3) is 2.35. The molecule has 2 aromatic rings. The molecular weight excluding hydrogens is 300 g/mol. The number of allylic oxidation sites excluding steroid dienone is 1. The van der Waals surface area contributed by atoms with Crippen LogP contribution in [0.2, 0.25) is 0 Å². The van der Waals surface area contributed by atoms with Crippen LogP contribution in [-0.2, 0) is 0 Å². The SMILES string of the molecule is N#CC1=C(N)Oc2n[nH]c(-c3ccccc3)c2C1C1CCCCC1. The molecule has 2 heterocycles. The van der Waals surface area contributed by atoms with Gasteiger partial charge in [0.25, 0.3) is 0 Å². The quantitative estimate of drug-likeness (QED) is 0.880. The highest BCUT2D eigenvalue weighted by molar-refractivity contribution is 5.69. The van der Waals surface area contributed by atoms with Gasteiger partial charge in [0.2, 0.25) is 11.8 Å². The topological polar surface area (TPSA) is 87.7 Å². The van der Waals surface area contributed by atoms with Crippen LogP contribution in [0, 0.1) is 17.2 Å². The Kier molecular flexibility index (Phi) is 3.73. The van der Waals surface area contributed by atoms with Gasteiger partial charge >= 0.3 is 0 Å². The maximum absolute atomic E-state index is 9.69. The maximum Gasteiger partial charge on any atom is 0.244 e. The molecule has 0 bridgehead atoms. The van der Waals surface area contributed by atoms with Gasteiger partial charge in [0.15, 0.2) is 0 Å². The zero-order chi connectivity index (χ0) is 16.5. The number of aromatic amines is 1.